The van der Waals surface area contributed by atoms with Crippen molar-refractivity contribution in [2.24, 2.45) is 5.92 Å². The molecule has 0 radical (unpaired) electrons. The van der Waals surface area contributed by atoms with Crippen LogP contribution in [0.4, 0.5) is 0 Å². The van der Waals surface area contributed by atoms with Crippen LogP contribution in [0.1, 0.15) is 60.8 Å². The molecule has 1 saturated heterocycles. The third kappa shape index (κ3) is 8.82. The summed E-state index contributed by atoms with van der Waals surface area (Å²) in [6, 6.07) is 33.6. The van der Waals surface area contributed by atoms with Crippen molar-refractivity contribution >= 4 is 23.6 Å². The van der Waals surface area contributed by atoms with E-state index in [1.165, 1.54) is 11.8 Å². The van der Waals surface area contributed by atoms with Crippen molar-refractivity contribution in [2.45, 2.75) is 63.0 Å². The number of amides is 1. The lowest BCUT2D eigenvalue weighted by Gasteiger charge is -2.41. The Kier molecular flexibility index (Phi) is 11.7. The second-order valence-corrected chi connectivity index (χ2v) is 13.2. The summed E-state index contributed by atoms with van der Waals surface area (Å²) < 4.78 is 15.1. The summed E-state index contributed by atoms with van der Waals surface area (Å²) in [5, 5.41) is 34.4. The first-order valence-electron chi connectivity index (χ1n) is 16.5. The Balaban J connectivity index is 1.21. The highest BCUT2D eigenvalue weighted by molar-refractivity contribution is 7.99. The van der Waals surface area contributed by atoms with E-state index in [1.54, 1.807) is 4.68 Å². The Morgan fingerprint density at radius 1 is 0.860 bits per heavy atom. The number of aromatic nitrogens is 4. The molecule has 11 nitrogen and oxygen atoms in total. The van der Waals surface area contributed by atoms with E-state index in [0.717, 1.165) is 39.1 Å². The number of aliphatic hydroxyl groups excluding tert-OH is 1. The fraction of sp³-hybridized carbons (Fsp3) is 0.289. The molecular weight excluding hydrogens is 655 g/mol. The number of nitrogens with zero attached hydrogens (tertiary/aromatic N) is 4. The van der Waals surface area contributed by atoms with Crippen LogP contribution in [0.15, 0.2) is 108 Å². The average Bonchev–Trinajstić information content (AvgIpc) is 3.63. The molecule has 1 fully saturated rings. The van der Waals surface area contributed by atoms with Gasteiger partial charge in [-0.05, 0) is 68.9 Å². The van der Waals surface area contributed by atoms with Gasteiger partial charge in [0.25, 0.3) is 0 Å². The first kappa shape index (κ1) is 35.0. The normalized spacial score (nSPS) is 18.8. The van der Waals surface area contributed by atoms with E-state index in [1.807, 2.05) is 97.1 Å². The lowest BCUT2D eigenvalue weighted by Crippen LogP contribution is -2.38. The van der Waals surface area contributed by atoms with Gasteiger partial charge < -0.3 is 25.0 Å². The number of aliphatic carboxylic acids is 1. The Morgan fingerprint density at radius 2 is 1.62 bits per heavy atom. The van der Waals surface area contributed by atoms with Gasteiger partial charge in [0.15, 0.2) is 6.29 Å². The molecule has 3 N–H and O–H groups in total. The molecule has 1 aromatic heterocycles. The average molecular weight is 694 g/mol. The summed E-state index contributed by atoms with van der Waals surface area (Å²) in [6.07, 6.45) is -0.699. The molecule has 258 valence electrons. The van der Waals surface area contributed by atoms with Crippen LogP contribution in [-0.4, -0.2) is 54.2 Å². The van der Waals surface area contributed by atoms with E-state index < -0.39 is 12.3 Å². The topological polar surface area (TPSA) is 149 Å². The zero-order valence-electron chi connectivity index (χ0n) is 27.6. The summed E-state index contributed by atoms with van der Waals surface area (Å²) in [4.78, 5) is 23.0. The predicted octanol–water partition coefficient (Wildman–Crippen LogP) is 6.28. The minimum absolute atomic E-state index is 0.0148. The van der Waals surface area contributed by atoms with Crippen molar-refractivity contribution in [3.8, 4) is 16.8 Å². The lowest BCUT2D eigenvalue weighted by molar-refractivity contribution is -0.268. The molecule has 0 aliphatic carbocycles. The number of nitrogens with one attached hydrogen (secondary N) is 1. The van der Waals surface area contributed by atoms with Crippen molar-refractivity contribution in [2.75, 3.05) is 5.75 Å². The summed E-state index contributed by atoms with van der Waals surface area (Å²) in [5.74, 6) is -0.512. The highest BCUT2D eigenvalue weighted by Gasteiger charge is 2.38. The zero-order chi connectivity index (χ0) is 34.9. The van der Waals surface area contributed by atoms with Gasteiger partial charge in [-0.2, -0.15) is 4.68 Å². The van der Waals surface area contributed by atoms with Crippen LogP contribution in [0.3, 0.4) is 0 Å². The molecule has 50 heavy (non-hydrogen) atoms. The van der Waals surface area contributed by atoms with Gasteiger partial charge in [-0.3, -0.25) is 9.59 Å². The van der Waals surface area contributed by atoms with Crippen LogP contribution in [-0.2, 0) is 32.2 Å². The highest BCUT2D eigenvalue weighted by atomic mass is 32.2. The third-order valence-corrected chi connectivity index (χ3v) is 9.65. The first-order chi connectivity index (χ1) is 24.4. The number of benzene rings is 4. The Bertz CT molecular complexity index is 1890. The fourth-order valence-corrected chi connectivity index (χ4v) is 6.94. The van der Waals surface area contributed by atoms with E-state index in [0.29, 0.717) is 23.9 Å². The molecular formula is C38H39N5O6S. The maximum atomic E-state index is 12.2. The smallest absolute Gasteiger partial charge is 0.303 e. The minimum atomic E-state index is -0.908. The Morgan fingerprint density at radius 3 is 2.38 bits per heavy atom. The molecule has 12 heteroatoms. The maximum Gasteiger partial charge on any atom is 0.303 e. The summed E-state index contributed by atoms with van der Waals surface area (Å²) >= 11 is 1.53. The SMILES string of the molecule is C[C@H]1[C@@H](CSc2nnnn2-c2ccccc2)O[C@@H](c2cccc(-c3cccc(CNC(=O)CCCC(=O)O)c3)c2)O[C@H]1c1ccc(CO)cc1. The van der Waals surface area contributed by atoms with E-state index in [-0.39, 0.29) is 43.5 Å². The standard InChI is InChI=1S/C38H39N5O6S/c1-25-33(24-50-38-40-41-42-43(38)32-12-3-2-4-13-32)48-37(49-36(25)28-18-16-26(23-44)17-19-28)31-11-6-10-30(21-31)29-9-5-8-27(20-29)22-39-34(45)14-7-15-35(46)47/h2-6,8-13,16-21,25,33,36-37,44H,7,14-15,22-24H2,1H3,(H,39,45)(H,46,47)/t25-,33+,36+,37+/m0/s1. The number of aliphatic hydroxyl groups is 1. The lowest BCUT2D eigenvalue weighted by atomic mass is 9.91. The van der Waals surface area contributed by atoms with Crippen LogP contribution in [0, 0.1) is 5.92 Å². The molecule has 0 saturated carbocycles. The largest absolute Gasteiger partial charge is 0.481 e. The van der Waals surface area contributed by atoms with E-state index in [9.17, 15) is 14.7 Å². The number of ether oxygens (including phenoxy) is 2. The number of carboxylic acid groups (broad SMARTS) is 1. The number of carbonyl (C=O) groups is 2. The monoisotopic (exact) mass is 693 g/mol. The second-order valence-electron chi connectivity index (χ2n) is 12.2. The highest BCUT2D eigenvalue weighted by Crippen LogP contribution is 2.43. The number of hydrogen-bond donors (Lipinski definition) is 3. The van der Waals surface area contributed by atoms with Gasteiger partial charge in [0, 0.05) is 36.6 Å². The van der Waals surface area contributed by atoms with Crippen molar-refractivity contribution in [1.29, 1.82) is 0 Å². The van der Waals surface area contributed by atoms with Crippen LogP contribution < -0.4 is 5.32 Å². The van der Waals surface area contributed by atoms with Gasteiger partial charge in [0.05, 0.1) is 24.5 Å². The number of carbonyl (C=O) groups excluding carboxylic acids is 1. The van der Waals surface area contributed by atoms with Gasteiger partial charge in [-0.15, -0.1) is 5.10 Å². The van der Waals surface area contributed by atoms with Crippen LogP contribution in [0.5, 0.6) is 0 Å². The summed E-state index contributed by atoms with van der Waals surface area (Å²) in [6.45, 7) is 2.44. The first-order valence-corrected chi connectivity index (χ1v) is 17.5. The van der Waals surface area contributed by atoms with Crippen LogP contribution in [0.25, 0.3) is 16.8 Å². The molecule has 0 bridgehead atoms. The van der Waals surface area contributed by atoms with Crippen LogP contribution in [0.2, 0.25) is 0 Å². The van der Waals surface area contributed by atoms with Crippen molar-refractivity contribution < 1.29 is 29.3 Å². The molecule has 1 amide bonds. The van der Waals surface area contributed by atoms with Crippen LogP contribution >= 0.6 is 11.8 Å². The number of para-hydroxylation sites is 1. The number of hydrogen-bond acceptors (Lipinski definition) is 9. The summed E-state index contributed by atoms with van der Waals surface area (Å²) in [7, 11) is 0. The second kappa shape index (κ2) is 16.7. The molecule has 0 unspecified atom stereocenters. The Hall–Kier alpha value is -4.88. The number of tetrazole rings is 1. The minimum Gasteiger partial charge on any atom is -0.481 e. The van der Waals surface area contributed by atoms with Crippen molar-refractivity contribution in [1.82, 2.24) is 25.5 Å². The van der Waals surface area contributed by atoms with E-state index in [2.05, 4.69) is 33.8 Å². The van der Waals surface area contributed by atoms with Crippen molar-refractivity contribution in [3.05, 3.63) is 125 Å². The molecule has 1 aliphatic heterocycles. The summed E-state index contributed by atoms with van der Waals surface area (Å²) in [5.41, 5.74) is 6.45. The number of thioether (sulfide) groups is 1. The van der Waals surface area contributed by atoms with Gasteiger partial charge in [0.1, 0.15) is 0 Å². The van der Waals surface area contributed by atoms with Gasteiger partial charge >= 0.3 is 5.97 Å². The molecule has 4 atom stereocenters. The fourth-order valence-electron chi connectivity index (χ4n) is 5.88. The number of carboxylic acids is 1. The molecule has 5 aromatic rings. The molecule has 2 heterocycles. The zero-order valence-corrected chi connectivity index (χ0v) is 28.4. The predicted molar refractivity (Wildman–Crippen MR) is 188 cm³/mol. The molecule has 1 aliphatic rings. The van der Waals surface area contributed by atoms with Gasteiger partial charge in [0.2, 0.25) is 11.1 Å². The van der Waals surface area contributed by atoms with Crippen molar-refractivity contribution in [3.63, 3.8) is 0 Å². The molecule has 0 spiro atoms. The molecule has 6 rings (SSSR count). The third-order valence-electron chi connectivity index (χ3n) is 8.65. The van der Waals surface area contributed by atoms with E-state index >= 15 is 0 Å². The Labute approximate surface area is 294 Å². The number of rotatable bonds is 14. The van der Waals surface area contributed by atoms with E-state index in [4.69, 9.17) is 14.6 Å². The maximum absolute atomic E-state index is 12.2. The van der Waals surface area contributed by atoms with Gasteiger partial charge in [-0.1, -0.05) is 97.5 Å². The quantitative estimate of drug-likeness (QED) is 0.114. The van der Waals surface area contributed by atoms with Gasteiger partial charge in [-0.25, -0.2) is 0 Å². The molecule has 4 aromatic carbocycles.